The van der Waals surface area contributed by atoms with Crippen molar-refractivity contribution >= 4 is 35.0 Å². The summed E-state index contributed by atoms with van der Waals surface area (Å²) in [5.41, 5.74) is 5.13. The average molecular weight is 561 g/mol. The van der Waals surface area contributed by atoms with Crippen LogP contribution in [0.5, 0.6) is 0 Å². The van der Waals surface area contributed by atoms with Crippen molar-refractivity contribution in [2.75, 3.05) is 12.9 Å². The predicted octanol–water partition coefficient (Wildman–Crippen LogP) is 5.45. The molecule has 2 amide bonds. The van der Waals surface area contributed by atoms with Gasteiger partial charge in [0.25, 0.3) is 5.91 Å². The number of rotatable bonds is 5. The van der Waals surface area contributed by atoms with Gasteiger partial charge in [0.2, 0.25) is 5.91 Å². The second-order valence-electron chi connectivity index (χ2n) is 12.6. The molecule has 0 radical (unpaired) electrons. The third-order valence-electron chi connectivity index (χ3n) is 10.1. The summed E-state index contributed by atoms with van der Waals surface area (Å²) in [7, 11) is 1.26. The molecule has 1 N–H and O–H groups in total. The first-order chi connectivity index (χ1) is 20.0. The second kappa shape index (κ2) is 9.76. The zero-order valence-electron chi connectivity index (χ0n) is 24.6. The topological polar surface area (TPSA) is 75.7 Å². The van der Waals surface area contributed by atoms with E-state index in [-0.39, 0.29) is 17.9 Å². The van der Waals surface area contributed by atoms with Crippen LogP contribution in [0.25, 0.3) is 5.57 Å². The Hall–Kier alpha value is -3.12. The van der Waals surface area contributed by atoms with Gasteiger partial charge in [-0.3, -0.25) is 9.59 Å². The van der Waals surface area contributed by atoms with E-state index in [1.54, 1.807) is 12.1 Å². The molecule has 1 heterocycles. The van der Waals surface area contributed by atoms with Crippen LogP contribution in [0.4, 0.5) is 0 Å². The summed E-state index contributed by atoms with van der Waals surface area (Å²) in [4.78, 5) is 41.4. The molecule has 2 atom stereocenters. The molecule has 5 aliphatic carbocycles. The first kappa shape index (κ1) is 23.6. The highest BCUT2D eigenvalue weighted by molar-refractivity contribution is 6.27. The van der Waals surface area contributed by atoms with Gasteiger partial charge < -0.3 is 15.0 Å². The molecule has 2 aromatic carbocycles. The molecule has 0 unspecified atom stereocenters. The standard InChI is InChI=1S/C33H35ClN2O4/c1-40-32(39)28-14-26-25-5-3-2-4-24(25)13-27(26)30(36(28)29(37)18-34)22-6-8-23(9-7-22)31(38)35-33-15-19-10-20(16-33)12-21(11-19)17-33/h2-9,19-21,28,30H,10-18H2,1H3,(H,35,38)/t19?,20?,21?,28-,30+,33?/m1/s1/i18D2. The number of alkyl halides is 1. The Morgan fingerprint density at radius 3 is 2.30 bits per heavy atom. The van der Waals surface area contributed by atoms with Crippen molar-refractivity contribution in [3.05, 3.63) is 76.4 Å². The molecule has 1 aliphatic heterocycles. The van der Waals surface area contributed by atoms with Crippen molar-refractivity contribution in [2.45, 2.75) is 69.0 Å². The molecular formula is C33H35ClN2O4. The summed E-state index contributed by atoms with van der Waals surface area (Å²) in [5, 5.41) is 3.42. The molecule has 6 aliphatic rings. The van der Waals surface area contributed by atoms with E-state index >= 15 is 0 Å². The summed E-state index contributed by atoms with van der Waals surface area (Å²) in [6, 6.07) is 13.3. The van der Waals surface area contributed by atoms with E-state index in [1.165, 1.54) is 31.3 Å². The number of nitrogens with one attached hydrogen (secondary N) is 1. The Balaban J connectivity index is 1.23. The summed E-state index contributed by atoms with van der Waals surface area (Å²) in [6.45, 7) is 0. The van der Waals surface area contributed by atoms with Crippen LogP contribution in [0.2, 0.25) is 0 Å². The van der Waals surface area contributed by atoms with Crippen LogP contribution in [0, 0.1) is 17.8 Å². The Kier molecular flexibility index (Phi) is 5.75. The van der Waals surface area contributed by atoms with Gasteiger partial charge in [0, 0.05) is 17.5 Å². The number of ether oxygens (including phenoxy) is 1. The second-order valence-corrected chi connectivity index (χ2v) is 12.8. The van der Waals surface area contributed by atoms with Crippen molar-refractivity contribution < 1.29 is 21.9 Å². The number of methoxy groups -OCH3 is 1. The molecule has 4 saturated carbocycles. The summed E-state index contributed by atoms with van der Waals surface area (Å²) in [6.07, 6.45) is 7.87. The molecule has 4 bridgehead atoms. The molecular weight excluding hydrogens is 524 g/mol. The quantitative estimate of drug-likeness (QED) is 0.390. The number of halogens is 1. The zero-order chi connectivity index (χ0) is 29.4. The minimum Gasteiger partial charge on any atom is -0.467 e. The van der Waals surface area contributed by atoms with Gasteiger partial charge in [0.1, 0.15) is 11.9 Å². The summed E-state index contributed by atoms with van der Waals surface area (Å²) in [5.74, 6) is -2.26. The van der Waals surface area contributed by atoms with E-state index in [0.717, 1.165) is 59.3 Å². The number of carbonyl (C=O) groups excluding carboxylic acids is 3. The zero-order valence-corrected chi connectivity index (χ0v) is 23.4. The lowest BCUT2D eigenvalue weighted by molar-refractivity contribution is -0.153. The van der Waals surface area contributed by atoms with E-state index in [4.69, 9.17) is 19.1 Å². The average Bonchev–Trinajstić information content (AvgIpc) is 3.32. The van der Waals surface area contributed by atoms with Gasteiger partial charge in [-0.1, -0.05) is 36.4 Å². The first-order valence-electron chi connectivity index (χ1n) is 15.4. The van der Waals surface area contributed by atoms with E-state index in [9.17, 15) is 14.4 Å². The molecule has 6 nitrogen and oxygen atoms in total. The van der Waals surface area contributed by atoms with Gasteiger partial charge in [-0.15, -0.1) is 11.6 Å². The van der Waals surface area contributed by atoms with Gasteiger partial charge in [-0.2, -0.15) is 0 Å². The molecule has 208 valence electrons. The maximum Gasteiger partial charge on any atom is 0.328 e. The third kappa shape index (κ3) is 4.18. The Bertz CT molecular complexity index is 1460. The fraction of sp³-hybridized carbons (Fsp3) is 0.485. The first-order valence-corrected chi connectivity index (χ1v) is 14.8. The smallest absolute Gasteiger partial charge is 0.328 e. The van der Waals surface area contributed by atoms with Crippen LogP contribution in [0.3, 0.4) is 0 Å². The highest BCUT2D eigenvalue weighted by Gasteiger charge is 2.51. The molecule has 40 heavy (non-hydrogen) atoms. The van der Waals surface area contributed by atoms with Gasteiger partial charge in [0.15, 0.2) is 0 Å². The lowest BCUT2D eigenvalue weighted by Gasteiger charge is -2.56. The lowest BCUT2D eigenvalue weighted by Crippen LogP contribution is -2.59. The summed E-state index contributed by atoms with van der Waals surface area (Å²) >= 11 is 5.95. The molecule has 0 spiro atoms. The molecule has 7 heteroatoms. The Morgan fingerprint density at radius 2 is 1.68 bits per heavy atom. The number of esters is 1. The molecule has 4 fully saturated rings. The number of benzene rings is 2. The van der Waals surface area contributed by atoms with Gasteiger partial charge in [0.05, 0.1) is 15.9 Å². The van der Waals surface area contributed by atoms with Gasteiger partial charge in [-0.25, -0.2) is 4.79 Å². The van der Waals surface area contributed by atoms with Crippen LogP contribution in [0.15, 0.2) is 54.1 Å². The minimum absolute atomic E-state index is 0.0854. The number of carbonyl (C=O) groups is 3. The highest BCUT2D eigenvalue weighted by Crippen LogP contribution is 2.56. The maximum absolute atomic E-state index is 13.5. The van der Waals surface area contributed by atoms with Crippen molar-refractivity contribution in [2.24, 2.45) is 17.8 Å². The Labute approximate surface area is 242 Å². The van der Waals surface area contributed by atoms with Crippen molar-refractivity contribution in [3.8, 4) is 0 Å². The molecule has 8 rings (SSSR count). The normalized spacial score (nSPS) is 32.6. The minimum atomic E-state index is -2.72. The van der Waals surface area contributed by atoms with Crippen molar-refractivity contribution in [1.29, 1.82) is 0 Å². The number of nitrogens with zero attached hydrogens (tertiary/aromatic N) is 1. The number of hydrogen-bond donors (Lipinski definition) is 1. The lowest BCUT2D eigenvalue weighted by atomic mass is 9.53. The maximum atomic E-state index is 13.5. The van der Waals surface area contributed by atoms with Crippen LogP contribution < -0.4 is 5.32 Å². The van der Waals surface area contributed by atoms with Crippen LogP contribution in [-0.2, 0) is 20.7 Å². The molecule has 0 saturated heterocycles. The Morgan fingerprint density at radius 1 is 1.02 bits per heavy atom. The predicted molar refractivity (Wildman–Crippen MR) is 153 cm³/mol. The van der Waals surface area contributed by atoms with E-state index in [2.05, 4.69) is 5.32 Å². The van der Waals surface area contributed by atoms with Crippen molar-refractivity contribution in [1.82, 2.24) is 10.2 Å². The number of fused-ring (bicyclic) bond motifs is 2. The van der Waals surface area contributed by atoms with Gasteiger partial charge in [-0.05, 0) is 103 Å². The van der Waals surface area contributed by atoms with Crippen molar-refractivity contribution in [3.63, 3.8) is 0 Å². The molecule has 0 aromatic heterocycles. The van der Waals surface area contributed by atoms with Crippen LogP contribution >= 0.6 is 11.6 Å². The third-order valence-corrected chi connectivity index (χ3v) is 10.3. The van der Waals surface area contributed by atoms with E-state index < -0.39 is 29.8 Å². The van der Waals surface area contributed by atoms with E-state index in [1.807, 2.05) is 36.4 Å². The number of hydrogen-bond acceptors (Lipinski definition) is 4. The summed E-state index contributed by atoms with van der Waals surface area (Å²) < 4.78 is 21.2. The molecule has 2 aromatic rings. The monoisotopic (exact) mass is 560 g/mol. The van der Waals surface area contributed by atoms with E-state index in [0.29, 0.717) is 17.5 Å². The number of amides is 2. The fourth-order valence-corrected chi connectivity index (χ4v) is 9.09. The largest absolute Gasteiger partial charge is 0.467 e. The highest BCUT2D eigenvalue weighted by atomic mass is 35.5. The fourth-order valence-electron chi connectivity index (χ4n) is 8.99. The van der Waals surface area contributed by atoms with Crippen LogP contribution in [0.1, 0.15) is 80.8 Å². The van der Waals surface area contributed by atoms with Crippen LogP contribution in [-0.4, -0.2) is 47.2 Å². The van der Waals surface area contributed by atoms with Gasteiger partial charge >= 0.3 is 5.97 Å². The SMILES string of the molecule is [2H]C([2H])(Cl)C(=O)N1[C@@H](C(=O)OC)CC2=C(Cc3ccccc32)[C@@H]1c1ccc(C(=O)NC23CC4CC(CC(C4)C2)C3)cc1.